The number of methoxy groups -OCH3 is 1. The molecule has 5 nitrogen and oxygen atoms in total. The molecule has 0 atom stereocenters. The minimum atomic E-state index is 0.343. The third kappa shape index (κ3) is 5.25. The minimum absolute atomic E-state index is 0.343. The number of aromatic nitrogens is 1. The number of ether oxygens (including phenoxy) is 3. The first-order valence-corrected chi connectivity index (χ1v) is 5.90. The van der Waals surface area contributed by atoms with Crippen molar-refractivity contribution < 1.29 is 19.0 Å². The van der Waals surface area contributed by atoms with E-state index in [1.807, 2.05) is 13.0 Å². The summed E-state index contributed by atoms with van der Waals surface area (Å²) in [6.07, 6.45) is 1.47. The molecule has 0 unspecified atom stereocenters. The fourth-order valence-electron chi connectivity index (χ4n) is 1.36. The van der Waals surface area contributed by atoms with E-state index in [-0.39, 0.29) is 0 Å². The molecule has 18 heavy (non-hydrogen) atoms. The van der Waals surface area contributed by atoms with Crippen LogP contribution in [0.15, 0.2) is 12.1 Å². The van der Waals surface area contributed by atoms with E-state index in [1.165, 1.54) is 0 Å². The van der Waals surface area contributed by atoms with Gasteiger partial charge in [-0.1, -0.05) is 0 Å². The molecule has 0 radical (unpaired) electrons. The zero-order valence-electron chi connectivity index (χ0n) is 10.8. The molecule has 1 rings (SSSR count). The summed E-state index contributed by atoms with van der Waals surface area (Å²) in [5, 5.41) is 0. The number of carbonyl (C=O) groups excluding carboxylic acids is 1. The molecule has 0 saturated carbocycles. The zero-order valence-corrected chi connectivity index (χ0v) is 10.8. The molecule has 100 valence electrons. The van der Waals surface area contributed by atoms with E-state index < -0.39 is 0 Å². The molecule has 0 bridgehead atoms. The van der Waals surface area contributed by atoms with Gasteiger partial charge in [0, 0.05) is 25.8 Å². The molecule has 0 aliphatic rings. The van der Waals surface area contributed by atoms with Gasteiger partial charge in [0.1, 0.15) is 11.4 Å². The van der Waals surface area contributed by atoms with E-state index in [0.29, 0.717) is 44.2 Å². The van der Waals surface area contributed by atoms with Gasteiger partial charge in [0.25, 0.3) is 0 Å². The molecule has 0 fully saturated rings. The van der Waals surface area contributed by atoms with Crippen LogP contribution in [-0.2, 0) is 9.47 Å². The van der Waals surface area contributed by atoms with E-state index in [4.69, 9.17) is 14.2 Å². The van der Waals surface area contributed by atoms with Gasteiger partial charge in [-0.2, -0.15) is 0 Å². The second-order valence-corrected chi connectivity index (χ2v) is 3.76. The number of aldehydes is 1. The first kappa shape index (κ1) is 14.6. The van der Waals surface area contributed by atoms with Crippen LogP contribution < -0.4 is 4.74 Å². The monoisotopic (exact) mass is 253 g/mol. The van der Waals surface area contributed by atoms with Crippen LogP contribution in [0.4, 0.5) is 0 Å². The van der Waals surface area contributed by atoms with Crippen LogP contribution in [0, 0.1) is 6.92 Å². The molecule has 0 aliphatic heterocycles. The van der Waals surface area contributed by atoms with Crippen LogP contribution >= 0.6 is 0 Å². The van der Waals surface area contributed by atoms with Crippen molar-refractivity contribution in [1.29, 1.82) is 0 Å². The van der Waals surface area contributed by atoms with Crippen molar-refractivity contribution in [2.75, 3.05) is 33.5 Å². The zero-order chi connectivity index (χ0) is 13.2. The standard InChI is InChI=1S/C13H19NO4/c1-11-4-5-13(12(10-15)14-11)18-7-3-6-17-9-8-16-2/h4-5,10H,3,6-9H2,1-2H3. The fourth-order valence-corrected chi connectivity index (χ4v) is 1.36. The Balaban J connectivity index is 2.25. The second-order valence-electron chi connectivity index (χ2n) is 3.76. The van der Waals surface area contributed by atoms with E-state index in [0.717, 1.165) is 12.1 Å². The van der Waals surface area contributed by atoms with Gasteiger partial charge in [-0.25, -0.2) is 4.98 Å². The SMILES string of the molecule is COCCOCCCOc1ccc(C)nc1C=O. The third-order valence-electron chi connectivity index (χ3n) is 2.26. The highest BCUT2D eigenvalue weighted by Gasteiger charge is 2.04. The predicted molar refractivity (Wildman–Crippen MR) is 67.2 cm³/mol. The molecule has 5 heteroatoms. The van der Waals surface area contributed by atoms with E-state index in [1.54, 1.807) is 13.2 Å². The lowest BCUT2D eigenvalue weighted by atomic mass is 10.3. The summed E-state index contributed by atoms with van der Waals surface area (Å²) in [5.41, 5.74) is 1.14. The van der Waals surface area contributed by atoms with Gasteiger partial charge in [0.15, 0.2) is 6.29 Å². The highest BCUT2D eigenvalue weighted by atomic mass is 16.5. The van der Waals surface area contributed by atoms with Crippen molar-refractivity contribution in [1.82, 2.24) is 4.98 Å². The Morgan fingerprint density at radius 2 is 2.06 bits per heavy atom. The van der Waals surface area contributed by atoms with E-state index >= 15 is 0 Å². The fraction of sp³-hybridized carbons (Fsp3) is 0.538. The van der Waals surface area contributed by atoms with Gasteiger partial charge in [-0.3, -0.25) is 4.79 Å². The van der Waals surface area contributed by atoms with Crippen molar-refractivity contribution in [3.63, 3.8) is 0 Å². The summed E-state index contributed by atoms with van der Waals surface area (Å²) in [5.74, 6) is 0.521. The predicted octanol–water partition coefficient (Wildman–Crippen LogP) is 1.63. The van der Waals surface area contributed by atoms with Crippen LogP contribution in [0.2, 0.25) is 0 Å². The first-order valence-electron chi connectivity index (χ1n) is 5.90. The number of carbonyl (C=O) groups is 1. The summed E-state index contributed by atoms with van der Waals surface area (Å²) in [6.45, 7) is 4.12. The average Bonchev–Trinajstić information content (AvgIpc) is 2.39. The molecule has 0 N–H and O–H groups in total. The number of aryl methyl sites for hydroxylation is 1. The lowest BCUT2D eigenvalue weighted by Gasteiger charge is -2.08. The summed E-state index contributed by atoms with van der Waals surface area (Å²) in [4.78, 5) is 14.9. The third-order valence-corrected chi connectivity index (χ3v) is 2.26. The lowest BCUT2D eigenvalue weighted by Crippen LogP contribution is -2.08. The molecular weight excluding hydrogens is 234 g/mol. The number of nitrogens with zero attached hydrogens (tertiary/aromatic N) is 1. The molecule has 0 spiro atoms. The Labute approximate surface area is 107 Å². The topological polar surface area (TPSA) is 57.6 Å². The smallest absolute Gasteiger partial charge is 0.172 e. The Morgan fingerprint density at radius 1 is 1.22 bits per heavy atom. The molecule has 0 saturated heterocycles. The van der Waals surface area contributed by atoms with Crippen LogP contribution in [0.5, 0.6) is 5.75 Å². The van der Waals surface area contributed by atoms with Crippen LogP contribution in [0.25, 0.3) is 0 Å². The Bertz CT molecular complexity index is 368. The van der Waals surface area contributed by atoms with Crippen molar-refractivity contribution in [3.05, 3.63) is 23.5 Å². The van der Waals surface area contributed by atoms with Crippen molar-refractivity contribution in [2.45, 2.75) is 13.3 Å². The van der Waals surface area contributed by atoms with Gasteiger partial charge < -0.3 is 14.2 Å². The highest BCUT2D eigenvalue weighted by molar-refractivity contribution is 5.76. The summed E-state index contributed by atoms with van der Waals surface area (Å²) >= 11 is 0. The van der Waals surface area contributed by atoms with Gasteiger partial charge >= 0.3 is 0 Å². The second kappa shape index (κ2) is 8.60. The molecule has 1 aromatic heterocycles. The van der Waals surface area contributed by atoms with Crippen molar-refractivity contribution in [3.8, 4) is 5.75 Å². The van der Waals surface area contributed by atoms with Crippen LogP contribution in [0.1, 0.15) is 22.6 Å². The quantitative estimate of drug-likeness (QED) is 0.494. The Hall–Kier alpha value is -1.46. The summed E-state index contributed by atoms with van der Waals surface area (Å²) in [7, 11) is 1.64. The van der Waals surface area contributed by atoms with Crippen LogP contribution in [-0.4, -0.2) is 44.8 Å². The van der Waals surface area contributed by atoms with Crippen molar-refractivity contribution >= 4 is 6.29 Å². The average molecular weight is 253 g/mol. The largest absolute Gasteiger partial charge is 0.491 e. The van der Waals surface area contributed by atoms with E-state index in [9.17, 15) is 4.79 Å². The number of hydrogen-bond acceptors (Lipinski definition) is 5. The molecule has 1 heterocycles. The summed E-state index contributed by atoms with van der Waals surface area (Å²) in [6, 6.07) is 3.58. The van der Waals surface area contributed by atoms with Crippen molar-refractivity contribution in [2.24, 2.45) is 0 Å². The number of rotatable bonds is 9. The number of pyridine rings is 1. The Kier molecular flexibility index (Phi) is 6.98. The molecule has 0 aromatic carbocycles. The van der Waals surface area contributed by atoms with Crippen LogP contribution in [0.3, 0.4) is 0 Å². The molecule has 0 aliphatic carbocycles. The number of hydrogen-bond donors (Lipinski definition) is 0. The molecular formula is C13H19NO4. The normalized spacial score (nSPS) is 10.3. The lowest BCUT2D eigenvalue weighted by molar-refractivity contribution is 0.0643. The Morgan fingerprint density at radius 3 is 2.78 bits per heavy atom. The highest BCUT2D eigenvalue weighted by Crippen LogP contribution is 2.15. The van der Waals surface area contributed by atoms with E-state index in [2.05, 4.69) is 4.98 Å². The first-order chi connectivity index (χ1) is 8.77. The van der Waals surface area contributed by atoms with Gasteiger partial charge in [-0.15, -0.1) is 0 Å². The maximum absolute atomic E-state index is 10.8. The molecule has 1 aromatic rings. The molecule has 0 amide bonds. The summed E-state index contributed by atoms with van der Waals surface area (Å²) < 4.78 is 15.6. The minimum Gasteiger partial charge on any atom is -0.491 e. The van der Waals surface area contributed by atoms with Gasteiger partial charge in [0.05, 0.1) is 19.8 Å². The van der Waals surface area contributed by atoms with Gasteiger partial charge in [0.2, 0.25) is 0 Å². The maximum Gasteiger partial charge on any atom is 0.172 e. The van der Waals surface area contributed by atoms with Gasteiger partial charge in [-0.05, 0) is 19.1 Å². The maximum atomic E-state index is 10.8.